The fraction of sp³-hybridized carbons (Fsp3) is 0.190. The van der Waals surface area contributed by atoms with E-state index in [9.17, 15) is 9.59 Å². The van der Waals surface area contributed by atoms with E-state index >= 15 is 0 Å². The highest BCUT2D eigenvalue weighted by Gasteiger charge is 2.14. The fourth-order valence-electron chi connectivity index (χ4n) is 2.96. The van der Waals surface area contributed by atoms with E-state index in [1.165, 1.54) is 17.2 Å². The van der Waals surface area contributed by atoms with E-state index in [1.807, 2.05) is 36.4 Å². The molecular formula is C21H22N4O2S. The number of amides is 1. The Morgan fingerprint density at radius 3 is 2.25 bits per heavy atom. The lowest BCUT2D eigenvalue weighted by atomic mass is 9.88. The molecule has 3 aromatic rings. The molecule has 0 radical (unpaired) electrons. The maximum atomic E-state index is 12.2. The van der Waals surface area contributed by atoms with Crippen molar-refractivity contribution in [2.24, 2.45) is 0 Å². The number of carbonyl (C=O) groups excluding carboxylic acids is 1. The van der Waals surface area contributed by atoms with E-state index in [4.69, 9.17) is 5.73 Å². The number of H-pyrrole nitrogens is 1. The van der Waals surface area contributed by atoms with E-state index in [-0.39, 0.29) is 29.0 Å². The Hall–Kier alpha value is -3.06. The molecule has 3 rings (SSSR count). The monoisotopic (exact) mass is 394 g/mol. The summed E-state index contributed by atoms with van der Waals surface area (Å²) in [6.07, 6.45) is 0.789. The second-order valence-corrected chi connectivity index (χ2v) is 7.24. The fourth-order valence-corrected chi connectivity index (χ4v) is 3.67. The first kappa shape index (κ1) is 19.7. The molecule has 0 aliphatic heterocycles. The molecule has 0 atom stereocenters. The lowest BCUT2D eigenvalue weighted by Gasteiger charge is -2.18. The van der Waals surface area contributed by atoms with Gasteiger partial charge in [0.15, 0.2) is 5.16 Å². The number of hydrogen-bond donors (Lipinski definition) is 3. The summed E-state index contributed by atoms with van der Waals surface area (Å²) in [6.45, 7) is 0.550. The molecule has 0 saturated heterocycles. The number of nitrogen functional groups attached to an aromatic ring is 1. The third-order valence-corrected chi connectivity index (χ3v) is 5.11. The molecule has 0 aliphatic carbocycles. The van der Waals surface area contributed by atoms with E-state index in [2.05, 4.69) is 39.6 Å². The topological polar surface area (TPSA) is 101 Å². The van der Waals surface area contributed by atoms with Crippen LogP contribution in [0, 0.1) is 0 Å². The first-order chi connectivity index (χ1) is 13.6. The highest BCUT2D eigenvalue weighted by atomic mass is 32.2. The van der Waals surface area contributed by atoms with Crippen molar-refractivity contribution in [3.05, 3.63) is 88.2 Å². The van der Waals surface area contributed by atoms with E-state index in [0.717, 1.165) is 18.2 Å². The first-order valence-corrected chi connectivity index (χ1v) is 9.96. The quantitative estimate of drug-likeness (QED) is 0.403. The zero-order valence-electron chi connectivity index (χ0n) is 15.3. The van der Waals surface area contributed by atoms with Crippen molar-refractivity contribution >= 4 is 23.5 Å². The summed E-state index contributed by atoms with van der Waals surface area (Å²) < 4.78 is 0. The molecule has 1 heterocycles. The van der Waals surface area contributed by atoms with E-state index < -0.39 is 0 Å². The molecule has 144 valence electrons. The van der Waals surface area contributed by atoms with Gasteiger partial charge in [0, 0.05) is 18.5 Å². The number of anilines is 1. The molecule has 28 heavy (non-hydrogen) atoms. The zero-order valence-corrected chi connectivity index (χ0v) is 16.1. The molecule has 0 unspecified atom stereocenters. The number of aromatic amines is 1. The van der Waals surface area contributed by atoms with Gasteiger partial charge in [0.1, 0.15) is 5.82 Å². The zero-order chi connectivity index (χ0) is 19.8. The van der Waals surface area contributed by atoms with Gasteiger partial charge in [0.25, 0.3) is 5.56 Å². The van der Waals surface area contributed by atoms with Gasteiger partial charge in [-0.2, -0.15) is 0 Å². The molecular weight excluding hydrogens is 372 g/mol. The predicted octanol–water partition coefficient (Wildman–Crippen LogP) is 2.78. The van der Waals surface area contributed by atoms with Gasteiger partial charge >= 0.3 is 0 Å². The van der Waals surface area contributed by atoms with Crippen molar-refractivity contribution < 1.29 is 4.79 Å². The van der Waals surface area contributed by atoms with Gasteiger partial charge in [0.2, 0.25) is 5.91 Å². The van der Waals surface area contributed by atoms with Crippen LogP contribution >= 0.6 is 11.8 Å². The van der Waals surface area contributed by atoms with E-state index in [1.54, 1.807) is 0 Å². The van der Waals surface area contributed by atoms with Gasteiger partial charge in [-0.25, -0.2) is 4.98 Å². The van der Waals surface area contributed by atoms with Gasteiger partial charge in [-0.05, 0) is 17.5 Å². The van der Waals surface area contributed by atoms with Crippen LogP contribution in [-0.2, 0) is 4.79 Å². The van der Waals surface area contributed by atoms with Crippen molar-refractivity contribution in [3.63, 3.8) is 0 Å². The van der Waals surface area contributed by atoms with Gasteiger partial charge in [-0.15, -0.1) is 0 Å². The number of rotatable bonds is 8. The molecule has 0 spiro atoms. The number of aromatic nitrogens is 2. The van der Waals surface area contributed by atoms with Crippen molar-refractivity contribution in [1.29, 1.82) is 0 Å². The lowest BCUT2D eigenvalue weighted by Crippen LogP contribution is -2.27. The summed E-state index contributed by atoms with van der Waals surface area (Å²) in [6, 6.07) is 21.7. The summed E-state index contributed by atoms with van der Waals surface area (Å²) in [4.78, 5) is 30.1. The maximum Gasteiger partial charge on any atom is 0.253 e. The second kappa shape index (κ2) is 9.75. The van der Waals surface area contributed by atoms with Gasteiger partial charge in [-0.1, -0.05) is 72.4 Å². The van der Waals surface area contributed by atoms with Crippen LogP contribution in [0.3, 0.4) is 0 Å². The number of carbonyl (C=O) groups is 1. The molecule has 1 amide bonds. The number of benzene rings is 2. The Morgan fingerprint density at radius 1 is 1.07 bits per heavy atom. The minimum absolute atomic E-state index is 0.116. The second-order valence-electron chi connectivity index (χ2n) is 6.28. The molecule has 7 heteroatoms. The van der Waals surface area contributed by atoms with E-state index in [0.29, 0.717) is 11.7 Å². The molecule has 2 aromatic carbocycles. The van der Waals surface area contributed by atoms with Crippen LogP contribution in [0.15, 0.2) is 76.7 Å². The smallest absolute Gasteiger partial charge is 0.253 e. The number of hydrogen-bond acceptors (Lipinski definition) is 5. The van der Waals surface area contributed by atoms with Gasteiger partial charge in [-0.3, -0.25) is 9.59 Å². The number of nitrogens with one attached hydrogen (secondary N) is 2. The summed E-state index contributed by atoms with van der Waals surface area (Å²) in [5.41, 5.74) is 7.66. The van der Waals surface area contributed by atoms with Crippen LogP contribution in [0.1, 0.15) is 23.5 Å². The normalized spacial score (nSPS) is 10.8. The van der Waals surface area contributed by atoms with Gasteiger partial charge < -0.3 is 16.0 Å². The Morgan fingerprint density at radius 2 is 1.68 bits per heavy atom. The molecule has 0 fully saturated rings. The standard InChI is InChI=1S/C21H22N4O2S/c22-18-13-19(26)25-21(24-18)28-14-20(27)23-12-11-17(15-7-3-1-4-8-15)16-9-5-2-6-10-16/h1-10,13,17H,11-12,14H2,(H,23,27)(H3,22,24,25,26). The molecule has 0 saturated carbocycles. The third-order valence-electron chi connectivity index (χ3n) is 4.24. The van der Waals surface area contributed by atoms with Crippen LogP contribution in [0.2, 0.25) is 0 Å². The largest absolute Gasteiger partial charge is 0.383 e. The summed E-state index contributed by atoms with van der Waals surface area (Å²) in [5.74, 6) is 0.394. The van der Waals surface area contributed by atoms with Crippen LogP contribution in [-0.4, -0.2) is 28.2 Å². The average Bonchev–Trinajstić information content (AvgIpc) is 2.70. The minimum atomic E-state index is -0.330. The highest BCUT2D eigenvalue weighted by molar-refractivity contribution is 7.99. The first-order valence-electron chi connectivity index (χ1n) is 8.98. The Labute approximate surface area is 167 Å². The molecule has 0 aliphatic rings. The van der Waals surface area contributed by atoms with Crippen LogP contribution in [0.4, 0.5) is 5.82 Å². The average molecular weight is 395 g/mol. The molecule has 1 aromatic heterocycles. The van der Waals surface area contributed by atoms with Crippen LogP contribution < -0.4 is 16.6 Å². The molecule has 0 bridgehead atoms. The van der Waals surface area contributed by atoms with Crippen molar-refractivity contribution in [2.75, 3.05) is 18.0 Å². The third kappa shape index (κ3) is 5.72. The van der Waals surface area contributed by atoms with Crippen molar-refractivity contribution in [1.82, 2.24) is 15.3 Å². The van der Waals surface area contributed by atoms with Crippen molar-refractivity contribution in [2.45, 2.75) is 17.5 Å². The maximum absolute atomic E-state index is 12.2. The Balaban J connectivity index is 1.55. The lowest BCUT2D eigenvalue weighted by molar-refractivity contribution is -0.118. The summed E-state index contributed by atoms with van der Waals surface area (Å²) in [7, 11) is 0. The molecule has 6 nitrogen and oxygen atoms in total. The summed E-state index contributed by atoms with van der Waals surface area (Å²) in [5, 5.41) is 3.28. The number of nitrogens with zero attached hydrogens (tertiary/aromatic N) is 1. The SMILES string of the molecule is Nc1cc(=O)[nH]c(SCC(=O)NCCC(c2ccccc2)c2ccccc2)n1. The van der Waals surface area contributed by atoms with Gasteiger partial charge in [0.05, 0.1) is 5.75 Å². The Bertz CT molecular complexity index is 921. The number of nitrogens with two attached hydrogens (primary N) is 1. The van der Waals surface area contributed by atoms with Crippen LogP contribution in [0.5, 0.6) is 0 Å². The minimum Gasteiger partial charge on any atom is -0.383 e. The summed E-state index contributed by atoms with van der Waals surface area (Å²) >= 11 is 1.15. The Kier molecular flexibility index (Phi) is 6.86. The predicted molar refractivity (Wildman–Crippen MR) is 112 cm³/mol. The van der Waals surface area contributed by atoms with Crippen molar-refractivity contribution in [3.8, 4) is 0 Å². The molecule has 4 N–H and O–H groups in total. The number of thioether (sulfide) groups is 1. The van der Waals surface area contributed by atoms with Crippen LogP contribution in [0.25, 0.3) is 0 Å². The highest BCUT2D eigenvalue weighted by Crippen LogP contribution is 2.27.